The summed E-state index contributed by atoms with van der Waals surface area (Å²) < 4.78 is 0.590. The number of aromatic nitrogens is 2. The molecule has 33 heavy (non-hydrogen) atoms. The number of carbonyl (C=O) groups excluding carboxylic acids is 1. The van der Waals surface area contributed by atoms with Gasteiger partial charge in [0.15, 0.2) is 0 Å². The van der Waals surface area contributed by atoms with Crippen LogP contribution in [0.4, 0.5) is 5.82 Å². The summed E-state index contributed by atoms with van der Waals surface area (Å²) in [4.78, 5) is 27.4. The van der Waals surface area contributed by atoms with E-state index in [0.717, 1.165) is 62.0 Å². The number of allylic oxidation sites excluding steroid dienone is 1. The predicted molar refractivity (Wildman–Crippen MR) is 138 cm³/mol. The van der Waals surface area contributed by atoms with E-state index in [0.29, 0.717) is 12.5 Å². The van der Waals surface area contributed by atoms with Gasteiger partial charge in [-0.25, -0.2) is 9.97 Å². The number of rotatable bonds is 7. The summed E-state index contributed by atoms with van der Waals surface area (Å²) in [7, 11) is 0. The molecule has 1 aromatic rings. The van der Waals surface area contributed by atoms with Gasteiger partial charge in [-0.15, -0.1) is 11.8 Å². The Bertz CT molecular complexity index is 914. The molecular formula is C25H38ClN5OS. The number of nitrogens with zero attached hydrogens (tertiary/aromatic N) is 4. The van der Waals surface area contributed by atoms with Crippen molar-refractivity contribution in [2.24, 2.45) is 5.92 Å². The van der Waals surface area contributed by atoms with Crippen molar-refractivity contribution in [3.05, 3.63) is 28.0 Å². The van der Waals surface area contributed by atoms with Crippen molar-refractivity contribution in [2.75, 3.05) is 37.6 Å². The number of hydrogen-bond acceptors (Lipinski definition) is 6. The van der Waals surface area contributed by atoms with Crippen LogP contribution < -0.4 is 10.2 Å². The number of fused-ring (bicyclic) bond motifs is 1. The summed E-state index contributed by atoms with van der Waals surface area (Å²) in [6, 6.07) is 0. The number of piperazine rings is 1. The van der Waals surface area contributed by atoms with Crippen molar-refractivity contribution in [1.29, 1.82) is 0 Å². The third kappa shape index (κ3) is 5.20. The van der Waals surface area contributed by atoms with Crippen LogP contribution >= 0.6 is 23.4 Å². The molecule has 0 aromatic carbocycles. The first-order valence-electron chi connectivity index (χ1n) is 12.3. The molecule has 1 aromatic heterocycles. The van der Waals surface area contributed by atoms with Gasteiger partial charge in [-0.2, -0.15) is 0 Å². The molecule has 3 aliphatic rings. The maximum Gasteiger partial charge on any atom is 0.228 e. The second kappa shape index (κ2) is 9.74. The first-order valence-corrected chi connectivity index (χ1v) is 13.5. The lowest BCUT2D eigenvalue weighted by Crippen LogP contribution is -2.56. The highest BCUT2D eigenvalue weighted by Gasteiger charge is 2.45. The smallest absolute Gasteiger partial charge is 0.228 e. The van der Waals surface area contributed by atoms with Crippen molar-refractivity contribution in [1.82, 2.24) is 20.2 Å². The van der Waals surface area contributed by atoms with Crippen LogP contribution in [-0.2, 0) is 11.2 Å². The number of anilines is 1. The molecule has 0 radical (unpaired) electrons. The maximum absolute atomic E-state index is 13.8. The zero-order valence-electron chi connectivity index (χ0n) is 20.7. The van der Waals surface area contributed by atoms with Crippen LogP contribution in [0, 0.1) is 5.92 Å². The number of halogens is 1. The fraction of sp³-hybridized carbons (Fsp3) is 0.720. The minimum absolute atomic E-state index is 0.00182. The molecule has 6 nitrogen and oxygen atoms in total. The Labute approximate surface area is 207 Å². The van der Waals surface area contributed by atoms with Gasteiger partial charge in [0.1, 0.15) is 12.1 Å². The third-order valence-corrected chi connectivity index (χ3v) is 9.51. The second-order valence-electron chi connectivity index (χ2n) is 10.6. The fourth-order valence-corrected chi connectivity index (χ4v) is 6.82. The van der Waals surface area contributed by atoms with Gasteiger partial charge in [0.05, 0.1) is 10.3 Å². The Morgan fingerprint density at radius 1 is 1.33 bits per heavy atom. The summed E-state index contributed by atoms with van der Waals surface area (Å²) in [5.74, 6) is 1.69. The predicted octanol–water partition coefficient (Wildman–Crippen LogP) is 4.55. The van der Waals surface area contributed by atoms with Gasteiger partial charge in [0.2, 0.25) is 5.91 Å². The van der Waals surface area contributed by atoms with Crippen LogP contribution in [0.5, 0.6) is 0 Å². The van der Waals surface area contributed by atoms with Crippen molar-refractivity contribution in [3.63, 3.8) is 0 Å². The average molecular weight is 492 g/mol. The second-order valence-corrected chi connectivity index (χ2v) is 12.8. The standard InChI is InChI=1S/C25H38ClN5OS/c1-6-24(3,4)29-15-18(25(5)10-9-20(26)33-25)23(32)31-13-11-30(12-14-31)22-21-17(2)7-8-19(21)27-16-28-22/h9,16-18,29H,6-8,10-15H2,1-5H3/t17-,18?,25?/m1/s1. The number of hydrogen-bond donors (Lipinski definition) is 1. The van der Waals surface area contributed by atoms with Crippen LogP contribution in [0.1, 0.15) is 71.1 Å². The largest absolute Gasteiger partial charge is 0.353 e. The number of carbonyl (C=O) groups is 1. The summed E-state index contributed by atoms with van der Waals surface area (Å²) in [5.41, 5.74) is 2.51. The molecule has 0 bridgehead atoms. The summed E-state index contributed by atoms with van der Waals surface area (Å²) in [6.45, 7) is 14.8. The van der Waals surface area contributed by atoms with Crippen LogP contribution in [0.2, 0.25) is 0 Å². The van der Waals surface area contributed by atoms with E-state index in [4.69, 9.17) is 11.6 Å². The van der Waals surface area contributed by atoms with Crippen LogP contribution in [-0.4, -0.2) is 63.8 Å². The minimum Gasteiger partial charge on any atom is -0.353 e. The molecule has 1 N–H and O–H groups in total. The summed E-state index contributed by atoms with van der Waals surface area (Å²) in [6.07, 6.45) is 7.79. The Morgan fingerprint density at radius 2 is 2.06 bits per heavy atom. The Kier molecular flexibility index (Phi) is 7.32. The molecule has 8 heteroatoms. The Balaban J connectivity index is 1.46. The molecule has 182 valence electrons. The van der Waals surface area contributed by atoms with E-state index < -0.39 is 0 Å². The highest BCUT2D eigenvalue weighted by molar-refractivity contribution is 8.06. The van der Waals surface area contributed by atoms with Gasteiger partial charge in [0.25, 0.3) is 0 Å². The molecule has 2 unspecified atom stereocenters. The maximum atomic E-state index is 13.8. The van der Waals surface area contributed by atoms with Gasteiger partial charge >= 0.3 is 0 Å². The van der Waals surface area contributed by atoms with E-state index in [1.807, 2.05) is 0 Å². The number of thioether (sulfide) groups is 1. The van der Waals surface area contributed by atoms with Crippen LogP contribution in [0.15, 0.2) is 16.8 Å². The van der Waals surface area contributed by atoms with Gasteiger partial charge < -0.3 is 15.1 Å². The SMILES string of the molecule is CCC(C)(C)NCC(C(=O)N1CCN(c2ncnc3c2[C@H](C)CC3)CC1)C1(C)CC=C(Cl)S1. The van der Waals surface area contributed by atoms with Gasteiger partial charge in [-0.3, -0.25) is 4.79 Å². The van der Waals surface area contributed by atoms with E-state index in [1.165, 1.54) is 11.3 Å². The van der Waals surface area contributed by atoms with E-state index in [2.05, 4.69) is 65.8 Å². The molecular weight excluding hydrogens is 454 g/mol. The van der Waals surface area contributed by atoms with E-state index in [1.54, 1.807) is 18.1 Å². The monoisotopic (exact) mass is 491 g/mol. The summed E-state index contributed by atoms with van der Waals surface area (Å²) in [5, 5.41) is 3.66. The molecule has 1 amide bonds. The molecule has 1 fully saturated rings. The van der Waals surface area contributed by atoms with Crippen LogP contribution in [0.25, 0.3) is 0 Å². The normalized spacial score (nSPS) is 26.4. The average Bonchev–Trinajstić information content (AvgIpc) is 3.36. The molecule has 4 rings (SSSR count). The number of aryl methyl sites for hydroxylation is 1. The molecule has 1 aliphatic carbocycles. The number of nitrogens with one attached hydrogen (secondary N) is 1. The lowest BCUT2D eigenvalue weighted by molar-refractivity contribution is -0.136. The quantitative estimate of drug-likeness (QED) is 0.604. The highest BCUT2D eigenvalue weighted by Crippen LogP contribution is 2.49. The molecule has 0 saturated carbocycles. The molecule has 1 saturated heterocycles. The lowest BCUT2D eigenvalue weighted by atomic mass is 9.87. The number of amides is 1. The molecule has 3 atom stereocenters. The van der Waals surface area contributed by atoms with Crippen molar-refractivity contribution in [3.8, 4) is 0 Å². The van der Waals surface area contributed by atoms with E-state index in [9.17, 15) is 4.79 Å². The topological polar surface area (TPSA) is 61.4 Å². The third-order valence-electron chi connectivity index (χ3n) is 7.85. The van der Waals surface area contributed by atoms with Gasteiger partial charge in [-0.1, -0.05) is 31.5 Å². The summed E-state index contributed by atoms with van der Waals surface area (Å²) >= 11 is 8.00. The van der Waals surface area contributed by atoms with E-state index in [-0.39, 0.29) is 22.1 Å². The molecule has 2 aliphatic heterocycles. The van der Waals surface area contributed by atoms with E-state index >= 15 is 0 Å². The van der Waals surface area contributed by atoms with Gasteiger partial charge in [0, 0.05) is 54.3 Å². The fourth-order valence-electron chi connectivity index (χ4n) is 5.10. The van der Waals surface area contributed by atoms with Gasteiger partial charge in [-0.05, 0) is 52.4 Å². The molecule has 0 spiro atoms. The molecule has 3 heterocycles. The van der Waals surface area contributed by atoms with Crippen molar-refractivity contribution >= 4 is 35.1 Å². The first kappa shape index (κ1) is 24.8. The zero-order chi connectivity index (χ0) is 23.8. The van der Waals surface area contributed by atoms with Crippen molar-refractivity contribution < 1.29 is 4.79 Å². The minimum atomic E-state index is -0.217. The zero-order valence-corrected chi connectivity index (χ0v) is 22.2. The highest BCUT2D eigenvalue weighted by atomic mass is 35.5. The lowest BCUT2D eigenvalue weighted by Gasteiger charge is -2.41. The Morgan fingerprint density at radius 3 is 2.70 bits per heavy atom. The van der Waals surface area contributed by atoms with Crippen molar-refractivity contribution in [2.45, 2.75) is 76.5 Å². The Hall–Kier alpha value is -1.31. The van der Waals surface area contributed by atoms with Crippen LogP contribution in [0.3, 0.4) is 0 Å². The first-order chi connectivity index (χ1) is 15.6.